The fourth-order valence-electron chi connectivity index (χ4n) is 2.71. The smallest absolute Gasteiger partial charge is 0.241 e. The van der Waals surface area contributed by atoms with Crippen LogP contribution in [0.4, 0.5) is 0 Å². The van der Waals surface area contributed by atoms with E-state index in [1.165, 1.54) is 6.42 Å². The molecule has 8 heteroatoms. The highest BCUT2D eigenvalue weighted by atomic mass is 79.9. The van der Waals surface area contributed by atoms with Gasteiger partial charge in [-0.05, 0) is 37.5 Å². The Kier molecular flexibility index (Phi) is 8.87. The molecule has 1 fully saturated rings. The summed E-state index contributed by atoms with van der Waals surface area (Å²) in [5.41, 5.74) is 0.959. The highest BCUT2D eigenvalue weighted by Gasteiger charge is 2.15. The quantitative estimate of drug-likeness (QED) is 0.501. The second-order valence-corrected chi connectivity index (χ2v) is 7.55. The molecule has 1 atom stereocenters. The molecular formula is C19H29BrN4O3. The van der Waals surface area contributed by atoms with Crippen LogP contribution in [0, 0.1) is 0 Å². The summed E-state index contributed by atoms with van der Waals surface area (Å²) in [4.78, 5) is 18.1. The van der Waals surface area contributed by atoms with Gasteiger partial charge in [0.25, 0.3) is 0 Å². The third-order valence-corrected chi connectivity index (χ3v) is 4.82. The fourth-order valence-corrected chi connectivity index (χ4v) is 3.11. The van der Waals surface area contributed by atoms with Crippen LogP contribution in [-0.2, 0) is 16.1 Å². The maximum absolute atomic E-state index is 11.9. The molecule has 0 aliphatic carbocycles. The monoisotopic (exact) mass is 440 g/mol. The molecule has 2 rings (SSSR count). The SMILES string of the molecule is COc1ccc(Br)cc1CN=C(NCC(=O)N(C)C)NCC1CCCCO1. The van der Waals surface area contributed by atoms with Gasteiger partial charge in [-0.25, -0.2) is 4.99 Å². The molecule has 27 heavy (non-hydrogen) atoms. The van der Waals surface area contributed by atoms with E-state index in [4.69, 9.17) is 9.47 Å². The lowest BCUT2D eigenvalue weighted by Gasteiger charge is -2.24. The van der Waals surface area contributed by atoms with Crippen molar-refractivity contribution in [1.29, 1.82) is 0 Å². The lowest BCUT2D eigenvalue weighted by Crippen LogP contribution is -2.45. The summed E-state index contributed by atoms with van der Waals surface area (Å²) in [5, 5.41) is 6.40. The minimum atomic E-state index is -0.0153. The third kappa shape index (κ3) is 7.38. The maximum Gasteiger partial charge on any atom is 0.241 e. The molecule has 1 aromatic carbocycles. The van der Waals surface area contributed by atoms with Crippen LogP contribution in [0.3, 0.4) is 0 Å². The summed E-state index contributed by atoms with van der Waals surface area (Å²) in [6, 6.07) is 5.82. The van der Waals surface area contributed by atoms with Gasteiger partial charge in [0, 0.05) is 37.3 Å². The first-order valence-corrected chi connectivity index (χ1v) is 9.95. The Bertz CT molecular complexity index is 646. The molecule has 1 aliphatic heterocycles. The van der Waals surface area contributed by atoms with Crippen LogP contribution >= 0.6 is 15.9 Å². The summed E-state index contributed by atoms with van der Waals surface area (Å²) in [6.45, 7) is 2.08. The van der Waals surface area contributed by atoms with Gasteiger partial charge < -0.3 is 25.0 Å². The van der Waals surface area contributed by atoms with E-state index in [-0.39, 0.29) is 18.6 Å². The zero-order valence-electron chi connectivity index (χ0n) is 16.3. The van der Waals surface area contributed by atoms with Crippen molar-refractivity contribution in [2.24, 2.45) is 4.99 Å². The molecule has 2 N–H and O–H groups in total. The predicted molar refractivity (Wildman–Crippen MR) is 110 cm³/mol. The van der Waals surface area contributed by atoms with E-state index in [1.807, 2.05) is 18.2 Å². The molecule has 1 heterocycles. The molecule has 1 saturated heterocycles. The lowest BCUT2D eigenvalue weighted by atomic mass is 10.1. The van der Waals surface area contributed by atoms with Gasteiger partial charge in [0.05, 0.1) is 26.3 Å². The molecule has 150 valence electrons. The van der Waals surface area contributed by atoms with E-state index >= 15 is 0 Å². The van der Waals surface area contributed by atoms with Gasteiger partial charge in [0.2, 0.25) is 5.91 Å². The third-order valence-electron chi connectivity index (χ3n) is 4.33. The number of benzene rings is 1. The molecule has 1 aliphatic rings. The summed E-state index contributed by atoms with van der Waals surface area (Å²) in [5.74, 6) is 1.35. The number of nitrogens with zero attached hydrogens (tertiary/aromatic N) is 2. The van der Waals surface area contributed by atoms with E-state index in [9.17, 15) is 4.79 Å². The van der Waals surface area contributed by atoms with E-state index in [0.717, 1.165) is 35.2 Å². The lowest BCUT2D eigenvalue weighted by molar-refractivity contribution is -0.127. The van der Waals surface area contributed by atoms with Crippen LogP contribution in [-0.4, -0.2) is 63.8 Å². The Hall–Kier alpha value is -1.80. The number of carbonyl (C=O) groups excluding carboxylic acids is 1. The van der Waals surface area contributed by atoms with E-state index in [1.54, 1.807) is 26.1 Å². The zero-order chi connectivity index (χ0) is 19.6. The highest BCUT2D eigenvalue weighted by Crippen LogP contribution is 2.23. The van der Waals surface area contributed by atoms with Gasteiger partial charge in [-0.15, -0.1) is 0 Å². The van der Waals surface area contributed by atoms with E-state index < -0.39 is 0 Å². The Morgan fingerprint density at radius 3 is 2.85 bits per heavy atom. The van der Waals surface area contributed by atoms with Gasteiger partial charge in [0.15, 0.2) is 5.96 Å². The zero-order valence-corrected chi connectivity index (χ0v) is 17.8. The van der Waals surface area contributed by atoms with Crippen molar-refractivity contribution in [1.82, 2.24) is 15.5 Å². The number of halogens is 1. The van der Waals surface area contributed by atoms with Crippen LogP contribution in [0.1, 0.15) is 24.8 Å². The van der Waals surface area contributed by atoms with Crippen LogP contribution in [0.5, 0.6) is 5.75 Å². The molecule has 0 radical (unpaired) electrons. The van der Waals surface area contributed by atoms with Crippen molar-refractivity contribution in [3.63, 3.8) is 0 Å². The van der Waals surface area contributed by atoms with Gasteiger partial charge >= 0.3 is 0 Å². The largest absolute Gasteiger partial charge is 0.496 e. The van der Waals surface area contributed by atoms with Crippen molar-refractivity contribution >= 4 is 27.8 Å². The average molecular weight is 441 g/mol. The van der Waals surface area contributed by atoms with Crippen molar-refractivity contribution in [3.8, 4) is 5.75 Å². The molecule has 0 bridgehead atoms. The van der Waals surface area contributed by atoms with Crippen molar-refractivity contribution in [2.45, 2.75) is 31.9 Å². The summed E-state index contributed by atoms with van der Waals surface area (Å²) >= 11 is 3.48. The normalized spacial score (nSPS) is 17.3. The Balaban J connectivity index is 2.03. The average Bonchev–Trinajstić information content (AvgIpc) is 2.68. The maximum atomic E-state index is 11.9. The number of guanidine groups is 1. The first-order chi connectivity index (χ1) is 13.0. The first-order valence-electron chi connectivity index (χ1n) is 9.16. The minimum absolute atomic E-state index is 0.0153. The summed E-state index contributed by atoms with van der Waals surface area (Å²) in [6.07, 6.45) is 3.52. The number of ether oxygens (including phenoxy) is 2. The number of rotatable bonds is 7. The fraction of sp³-hybridized carbons (Fsp3) is 0.579. The minimum Gasteiger partial charge on any atom is -0.496 e. The summed E-state index contributed by atoms with van der Waals surface area (Å²) in [7, 11) is 5.11. The number of carbonyl (C=O) groups is 1. The second-order valence-electron chi connectivity index (χ2n) is 6.63. The van der Waals surface area contributed by atoms with Crippen molar-refractivity contribution in [3.05, 3.63) is 28.2 Å². The molecule has 1 aromatic rings. The standard InChI is InChI=1S/C19H29BrN4O3/c1-24(2)18(25)13-23-19(22-12-16-6-4-5-9-27-16)21-11-14-10-15(20)7-8-17(14)26-3/h7-8,10,16H,4-6,9,11-13H2,1-3H3,(H2,21,22,23). The van der Waals surface area contributed by atoms with Crippen molar-refractivity contribution < 1.29 is 14.3 Å². The molecule has 1 unspecified atom stereocenters. The van der Waals surface area contributed by atoms with Crippen LogP contribution in [0.25, 0.3) is 0 Å². The summed E-state index contributed by atoms with van der Waals surface area (Å²) < 4.78 is 12.1. The molecule has 1 amide bonds. The first kappa shape index (κ1) is 21.5. The number of hydrogen-bond donors (Lipinski definition) is 2. The van der Waals surface area contributed by atoms with Gasteiger partial charge in [0.1, 0.15) is 5.75 Å². The number of aliphatic imine (C=N–C) groups is 1. The van der Waals surface area contributed by atoms with Gasteiger partial charge in [-0.2, -0.15) is 0 Å². The highest BCUT2D eigenvalue weighted by molar-refractivity contribution is 9.10. The van der Waals surface area contributed by atoms with Gasteiger partial charge in [-0.3, -0.25) is 4.79 Å². The molecule has 0 spiro atoms. The molecular weight excluding hydrogens is 412 g/mol. The molecule has 0 saturated carbocycles. The van der Waals surface area contributed by atoms with Crippen LogP contribution in [0.15, 0.2) is 27.7 Å². The van der Waals surface area contributed by atoms with E-state index in [2.05, 4.69) is 31.6 Å². The number of nitrogens with one attached hydrogen (secondary N) is 2. The van der Waals surface area contributed by atoms with Crippen LogP contribution in [0.2, 0.25) is 0 Å². The van der Waals surface area contributed by atoms with Gasteiger partial charge in [-0.1, -0.05) is 15.9 Å². The number of likely N-dealkylation sites (N-methyl/N-ethyl adjacent to an activating group) is 1. The van der Waals surface area contributed by atoms with Crippen LogP contribution < -0.4 is 15.4 Å². The Labute approximate surface area is 169 Å². The number of methoxy groups -OCH3 is 1. The molecule has 0 aromatic heterocycles. The number of hydrogen-bond acceptors (Lipinski definition) is 4. The number of amides is 1. The second kappa shape index (κ2) is 11.1. The van der Waals surface area contributed by atoms with Crippen molar-refractivity contribution in [2.75, 3.05) is 40.9 Å². The molecule has 7 nitrogen and oxygen atoms in total. The van der Waals surface area contributed by atoms with E-state index in [0.29, 0.717) is 19.0 Å². The predicted octanol–water partition coefficient (Wildman–Crippen LogP) is 2.15. The Morgan fingerprint density at radius 2 is 2.19 bits per heavy atom. The Morgan fingerprint density at radius 1 is 1.37 bits per heavy atom. The topological polar surface area (TPSA) is 75.2 Å².